The third-order valence-corrected chi connectivity index (χ3v) is 4.30. The fourth-order valence-electron chi connectivity index (χ4n) is 1.83. The van der Waals surface area contributed by atoms with Crippen LogP contribution in [0.5, 0.6) is 0 Å². The van der Waals surface area contributed by atoms with Crippen LogP contribution in [0, 0.1) is 6.92 Å². The highest BCUT2D eigenvalue weighted by Crippen LogP contribution is 2.35. The number of benzene rings is 1. The first-order valence-corrected chi connectivity index (χ1v) is 7.33. The molecule has 1 aliphatic rings. The molecule has 8 heteroatoms. The lowest BCUT2D eigenvalue weighted by Crippen LogP contribution is -2.61. The van der Waals surface area contributed by atoms with Crippen molar-refractivity contribution in [1.82, 2.24) is 5.32 Å². The molecule has 20 heavy (non-hydrogen) atoms. The van der Waals surface area contributed by atoms with Gasteiger partial charge in [0.15, 0.2) is 9.84 Å². The van der Waals surface area contributed by atoms with Gasteiger partial charge in [-0.15, -0.1) is 0 Å². The largest absolute Gasteiger partial charge is 0.437 e. The molecule has 0 fully saturated rings. The topological polar surface area (TPSA) is 66.4 Å². The molecule has 1 aromatic carbocycles. The van der Waals surface area contributed by atoms with E-state index < -0.39 is 27.5 Å². The number of rotatable bonds is 1. The van der Waals surface area contributed by atoms with Crippen molar-refractivity contribution in [3.8, 4) is 0 Å². The maximum absolute atomic E-state index is 12.8. The maximum atomic E-state index is 12.8. The lowest BCUT2D eigenvalue weighted by molar-refractivity contribution is -0.258. The standard InChI is InChI=1S/C12H12F3NO3S/c1-8-2-4-9(5-3-8)10-6-20(18,19)7-11(17,16-10)12(13,14)15/h2-6,16-17H,7H2,1H3. The third kappa shape index (κ3) is 2.80. The first-order valence-electron chi connectivity index (χ1n) is 5.61. The number of nitrogens with one attached hydrogen (secondary N) is 1. The summed E-state index contributed by atoms with van der Waals surface area (Å²) in [6.45, 7) is 1.79. The van der Waals surface area contributed by atoms with Gasteiger partial charge in [0, 0.05) is 0 Å². The Hall–Kier alpha value is -1.54. The summed E-state index contributed by atoms with van der Waals surface area (Å²) >= 11 is 0. The molecule has 0 radical (unpaired) electrons. The van der Waals surface area contributed by atoms with E-state index in [0.717, 1.165) is 5.56 Å². The molecular formula is C12H12F3NO3S. The van der Waals surface area contributed by atoms with Crippen LogP contribution in [0.2, 0.25) is 0 Å². The average Bonchev–Trinajstić information content (AvgIpc) is 2.25. The highest BCUT2D eigenvalue weighted by molar-refractivity contribution is 7.94. The van der Waals surface area contributed by atoms with Crippen LogP contribution in [0.1, 0.15) is 11.1 Å². The van der Waals surface area contributed by atoms with Gasteiger partial charge >= 0.3 is 6.18 Å². The minimum absolute atomic E-state index is 0.251. The molecule has 1 heterocycles. The summed E-state index contributed by atoms with van der Waals surface area (Å²) in [5.41, 5.74) is -2.64. The molecule has 110 valence electrons. The highest BCUT2D eigenvalue weighted by Gasteiger charge is 2.58. The second kappa shape index (κ2) is 4.49. The lowest BCUT2D eigenvalue weighted by atomic mass is 10.1. The van der Waals surface area contributed by atoms with E-state index in [1.165, 1.54) is 12.1 Å². The molecule has 2 N–H and O–H groups in total. The number of aryl methyl sites for hydroxylation is 1. The van der Waals surface area contributed by atoms with Gasteiger partial charge in [-0.3, -0.25) is 0 Å². The van der Waals surface area contributed by atoms with E-state index in [0.29, 0.717) is 5.41 Å². The van der Waals surface area contributed by atoms with Crippen LogP contribution in [0.4, 0.5) is 13.2 Å². The van der Waals surface area contributed by atoms with Crippen molar-refractivity contribution < 1.29 is 26.7 Å². The molecule has 2 rings (SSSR count). The van der Waals surface area contributed by atoms with Crippen LogP contribution in [0.15, 0.2) is 29.7 Å². The van der Waals surface area contributed by atoms with Gasteiger partial charge in [-0.05, 0) is 12.5 Å². The Labute approximate surface area is 113 Å². The van der Waals surface area contributed by atoms with E-state index in [1.54, 1.807) is 19.1 Å². The van der Waals surface area contributed by atoms with Crippen molar-refractivity contribution in [1.29, 1.82) is 0 Å². The van der Waals surface area contributed by atoms with Gasteiger partial charge in [-0.1, -0.05) is 29.8 Å². The van der Waals surface area contributed by atoms with Crippen LogP contribution in [0.3, 0.4) is 0 Å². The summed E-state index contributed by atoms with van der Waals surface area (Å²) in [6, 6.07) is 6.22. The summed E-state index contributed by atoms with van der Waals surface area (Å²) in [5.74, 6) is -1.45. The Bertz CT molecular complexity index is 650. The molecule has 1 aromatic rings. The van der Waals surface area contributed by atoms with Crippen molar-refractivity contribution in [3.05, 3.63) is 40.8 Å². The zero-order valence-electron chi connectivity index (χ0n) is 10.4. The zero-order chi connectivity index (χ0) is 15.2. The predicted octanol–water partition coefficient (Wildman–Crippen LogP) is 1.56. The van der Waals surface area contributed by atoms with Crippen molar-refractivity contribution in [3.63, 3.8) is 0 Å². The van der Waals surface area contributed by atoms with Gasteiger partial charge in [0.05, 0.1) is 11.1 Å². The maximum Gasteiger partial charge on any atom is 0.437 e. The molecule has 0 saturated heterocycles. The average molecular weight is 307 g/mol. The highest BCUT2D eigenvalue weighted by atomic mass is 32.2. The van der Waals surface area contributed by atoms with Gasteiger partial charge in [0.2, 0.25) is 5.72 Å². The fraction of sp³-hybridized carbons (Fsp3) is 0.333. The van der Waals surface area contributed by atoms with E-state index in [-0.39, 0.29) is 11.3 Å². The second-order valence-corrected chi connectivity index (χ2v) is 6.54. The Morgan fingerprint density at radius 1 is 1.25 bits per heavy atom. The van der Waals surface area contributed by atoms with E-state index in [1.807, 2.05) is 5.32 Å². The molecule has 0 aliphatic carbocycles. The molecule has 1 aliphatic heterocycles. The normalized spacial score (nSPS) is 25.8. The van der Waals surface area contributed by atoms with Gasteiger partial charge in [-0.2, -0.15) is 13.2 Å². The lowest BCUT2D eigenvalue weighted by Gasteiger charge is -2.35. The minimum Gasteiger partial charge on any atom is -0.363 e. The summed E-state index contributed by atoms with van der Waals surface area (Å²) in [5, 5.41) is 12.2. The Morgan fingerprint density at radius 2 is 1.80 bits per heavy atom. The Balaban J connectivity index is 2.49. The summed E-state index contributed by atoms with van der Waals surface area (Å²) < 4.78 is 61.6. The number of aliphatic hydroxyl groups is 1. The molecule has 0 spiro atoms. The van der Waals surface area contributed by atoms with Crippen molar-refractivity contribution >= 4 is 15.5 Å². The Kier molecular flexibility index (Phi) is 3.34. The Morgan fingerprint density at radius 3 is 2.30 bits per heavy atom. The minimum atomic E-state index is -5.11. The number of sulfone groups is 1. The van der Waals surface area contributed by atoms with Gasteiger partial charge in [0.25, 0.3) is 0 Å². The number of hydrogen-bond acceptors (Lipinski definition) is 4. The summed E-state index contributed by atoms with van der Waals surface area (Å²) in [7, 11) is -4.18. The predicted molar refractivity (Wildman–Crippen MR) is 67.1 cm³/mol. The van der Waals surface area contributed by atoms with E-state index >= 15 is 0 Å². The second-order valence-electron chi connectivity index (χ2n) is 4.69. The van der Waals surface area contributed by atoms with Crippen LogP contribution >= 0.6 is 0 Å². The third-order valence-electron chi connectivity index (χ3n) is 2.88. The van der Waals surface area contributed by atoms with Crippen molar-refractivity contribution in [2.24, 2.45) is 0 Å². The fourth-order valence-corrected chi connectivity index (χ4v) is 3.28. The van der Waals surface area contributed by atoms with Crippen molar-refractivity contribution in [2.45, 2.75) is 18.8 Å². The summed E-state index contributed by atoms with van der Waals surface area (Å²) in [4.78, 5) is 0. The monoisotopic (exact) mass is 307 g/mol. The zero-order valence-corrected chi connectivity index (χ0v) is 11.2. The van der Waals surface area contributed by atoms with E-state index in [2.05, 4.69) is 0 Å². The van der Waals surface area contributed by atoms with Crippen LogP contribution < -0.4 is 5.32 Å². The molecule has 0 amide bonds. The smallest absolute Gasteiger partial charge is 0.363 e. The van der Waals surface area contributed by atoms with Crippen LogP contribution in [-0.2, 0) is 9.84 Å². The van der Waals surface area contributed by atoms with Gasteiger partial charge < -0.3 is 10.4 Å². The number of hydrogen-bond donors (Lipinski definition) is 2. The molecule has 1 unspecified atom stereocenters. The van der Waals surface area contributed by atoms with E-state index in [9.17, 15) is 26.7 Å². The van der Waals surface area contributed by atoms with Crippen molar-refractivity contribution in [2.75, 3.05) is 5.75 Å². The quantitative estimate of drug-likeness (QED) is 0.826. The summed E-state index contributed by atoms with van der Waals surface area (Å²) in [6.07, 6.45) is -5.11. The van der Waals surface area contributed by atoms with Crippen LogP contribution in [-0.4, -0.2) is 31.2 Å². The first-order chi connectivity index (χ1) is 9.02. The number of halogens is 3. The molecule has 1 atom stereocenters. The van der Waals surface area contributed by atoms with Gasteiger partial charge in [-0.25, -0.2) is 8.42 Å². The molecule has 0 bridgehead atoms. The SMILES string of the molecule is Cc1ccc(C2=CS(=O)(=O)CC(O)(C(F)(F)F)N2)cc1. The molecular weight excluding hydrogens is 295 g/mol. The molecule has 0 saturated carbocycles. The van der Waals surface area contributed by atoms with E-state index in [4.69, 9.17) is 0 Å². The molecule has 4 nitrogen and oxygen atoms in total. The van der Waals surface area contributed by atoms with Gasteiger partial charge in [0.1, 0.15) is 5.75 Å². The molecule has 0 aromatic heterocycles. The van der Waals surface area contributed by atoms with Crippen LogP contribution in [0.25, 0.3) is 5.70 Å². The number of alkyl halides is 3. The first kappa shape index (κ1) is 14.9.